The van der Waals surface area contributed by atoms with E-state index in [0.29, 0.717) is 10.2 Å². The van der Waals surface area contributed by atoms with E-state index < -0.39 is 33.8 Å². The summed E-state index contributed by atoms with van der Waals surface area (Å²) < 4.78 is 53.7. The number of alkyl halides is 3. The van der Waals surface area contributed by atoms with Crippen LogP contribution in [0.3, 0.4) is 0 Å². The first-order valence-corrected chi connectivity index (χ1v) is 8.80. The van der Waals surface area contributed by atoms with Crippen LogP contribution >= 0.6 is 27.5 Å². The van der Waals surface area contributed by atoms with Crippen LogP contribution in [0.25, 0.3) is 0 Å². The van der Waals surface area contributed by atoms with E-state index in [-0.39, 0.29) is 17.3 Å². The molecule has 0 fully saturated rings. The van der Waals surface area contributed by atoms with Gasteiger partial charge in [0.1, 0.15) is 5.82 Å². The molecule has 1 N–H and O–H groups in total. The highest BCUT2D eigenvalue weighted by Crippen LogP contribution is 2.36. The monoisotopic (exact) mass is 479 g/mol. The molecule has 0 saturated carbocycles. The second kappa shape index (κ2) is 7.55. The largest absolute Gasteiger partial charge is 0.434 e. The quantitative estimate of drug-likeness (QED) is 0.560. The van der Waals surface area contributed by atoms with Gasteiger partial charge in [-0.1, -0.05) is 17.7 Å². The third-order valence-electron chi connectivity index (χ3n) is 3.71. The number of rotatable bonds is 4. The Morgan fingerprint density at radius 3 is 2.68 bits per heavy atom. The molecule has 0 aliphatic heterocycles. The van der Waals surface area contributed by atoms with Crippen LogP contribution in [0.1, 0.15) is 21.7 Å². The highest BCUT2D eigenvalue weighted by Gasteiger charge is 2.39. The van der Waals surface area contributed by atoms with E-state index in [2.05, 4.69) is 31.4 Å². The molecule has 2 aromatic heterocycles. The van der Waals surface area contributed by atoms with Gasteiger partial charge < -0.3 is 5.32 Å². The summed E-state index contributed by atoms with van der Waals surface area (Å²) in [6, 6.07) is 3.92. The van der Waals surface area contributed by atoms with Crippen LogP contribution in [0.5, 0.6) is 0 Å². The average molecular weight is 481 g/mol. The fraction of sp³-hybridized carbons (Fsp3) is 0.188. The Balaban J connectivity index is 1.76. The summed E-state index contributed by atoms with van der Waals surface area (Å²) in [4.78, 5) is 12.3. The first kappa shape index (κ1) is 20.3. The van der Waals surface area contributed by atoms with E-state index in [4.69, 9.17) is 11.6 Å². The van der Waals surface area contributed by atoms with Crippen molar-refractivity contribution in [3.63, 3.8) is 0 Å². The van der Waals surface area contributed by atoms with Gasteiger partial charge in [0.25, 0.3) is 5.91 Å². The van der Waals surface area contributed by atoms with Gasteiger partial charge in [-0.05, 0) is 33.6 Å². The second-order valence-corrected chi connectivity index (χ2v) is 6.95. The Bertz CT molecular complexity index is 1050. The molecule has 0 unspecified atom stereocenters. The molecule has 6 nitrogen and oxygen atoms in total. The van der Waals surface area contributed by atoms with Crippen LogP contribution in [0.4, 0.5) is 23.2 Å². The maximum atomic E-state index is 13.1. The summed E-state index contributed by atoms with van der Waals surface area (Å²) in [6.45, 7) is 0.209. The number of nitrogens with zero attached hydrogens (tertiary/aromatic N) is 4. The lowest BCUT2D eigenvalue weighted by atomic mass is 10.2. The van der Waals surface area contributed by atoms with Gasteiger partial charge in [0, 0.05) is 18.3 Å². The van der Waals surface area contributed by atoms with Crippen molar-refractivity contribution in [1.82, 2.24) is 19.6 Å². The Kier molecular flexibility index (Phi) is 5.48. The number of aromatic nitrogens is 4. The van der Waals surface area contributed by atoms with Crippen LogP contribution in [-0.4, -0.2) is 25.5 Å². The number of benzene rings is 1. The van der Waals surface area contributed by atoms with Crippen LogP contribution in [0.15, 0.2) is 35.1 Å². The summed E-state index contributed by atoms with van der Waals surface area (Å²) in [5.74, 6) is -1.31. The summed E-state index contributed by atoms with van der Waals surface area (Å²) in [5, 5.41) is 10.3. The molecule has 1 amide bonds. The number of hydrogen-bond donors (Lipinski definition) is 1. The third-order valence-corrected chi connectivity index (χ3v) is 4.81. The first-order valence-electron chi connectivity index (χ1n) is 7.63. The van der Waals surface area contributed by atoms with E-state index in [0.717, 1.165) is 7.05 Å². The van der Waals surface area contributed by atoms with E-state index in [1.165, 1.54) is 35.3 Å². The van der Waals surface area contributed by atoms with E-state index in [9.17, 15) is 22.4 Å². The van der Waals surface area contributed by atoms with Gasteiger partial charge in [-0.25, -0.2) is 4.39 Å². The fourth-order valence-electron chi connectivity index (χ4n) is 2.48. The second-order valence-electron chi connectivity index (χ2n) is 5.75. The van der Waals surface area contributed by atoms with Crippen molar-refractivity contribution in [2.24, 2.45) is 7.05 Å². The number of aryl methyl sites for hydroxylation is 1. The van der Waals surface area contributed by atoms with Gasteiger partial charge in [0.2, 0.25) is 0 Å². The van der Waals surface area contributed by atoms with E-state index in [1.54, 1.807) is 0 Å². The summed E-state index contributed by atoms with van der Waals surface area (Å²) in [6.07, 6.45) is -1.89. The lowest BCUT2D eigenvalue weighted by Crippen LogP contribution is -2.13. The lowest BCUT2D eigenvalue weighted by Gasteiger charge is -2.06. The Morgan fingerprint density at radius 2 is 2.07 bits per heavy atom. The Labute approximate surface area is 169 Å². The molecule has 0 bridgehead atoms. The SMILES string of the molecule is Cn1nc(C(=O)Nc2cnn(Cc3ccc(F)cc3Cl)c2)c(Br)c1C(F)(F)F. The molecule has 1 aromatic carbocycles. The normalized spacial score (nSPS) is 11.7. The first-order chi connectivity index (χ1) is 13.1. The molecule has 0 spiro atoms. The zero-order valence-corrected chi connectivity index (χ0v) is 16.4. The molecule has 0 radical (unpaired) electrons. The Morgan fingerprint density at radius 1 is 1.36 bits per heavy atom. The molecule has 3 rings (SSSR count). The summed E-state index contributed by atoms with van der Waals surface area (Å²) in [7, 11) is 1.09. The Hall–Kier alpha value is -2.40. The molecular formula is C16H11BrClF4N5O. The van der Waals surface area contributed by atoms with Crippen LogP contribution in [0, 0.1) is 5.82 Å². The minimum atomic E-state index is -4.67. The van der Waals surface area contributed by atoms with Crippen molar-refractivity contribution in [2.45, 2.75) is 12.7 Å². The molecule has 12 heteroatoms. The minimum absolute atomic E-state index is 0.209. The maximum Gasteiger partial charge on any atom is 0.434 e. The van der Waals surface area contributed by atoms with Crippen molar-refractivity contribution in [3.8, 4) is 0 Å². The number of nitrogens with one attached hydrogen (secondary N) is 1. The number of hydrogen-bond acceptors (Lipinski definition) is 3. The van der Waals surface area contributed by atoms with E-state index in [1.807, 2.05) is 0 Å². The average Bonchev–Trinajstić information content (AvgIpc) is 3.13. The lowest BCUT2D eigenvalue weighted by molar-refractivity contribution is -0.144. The highest BCUT2D eigenvalue weighted by molar-refractivity contribution is 9.10. The number of carbonyl (C=O) groups excluding carboxylic acids is 1. The summed E-state index contributed by atoms with van der Waals surface area (Å²) >= 11 is 8.75. The molecule has 0 atom stereocenters. The van der Waals surface area contributed by atoms with Crippen LogP contribution < -0.4 is 5.32 Å². The predicted molar refractivity (Wildman–Crippen MR) is 96.6 cm³/mol. The number of anilines is 1. The zero-order valence-electron chi connectivity index (χ0n) is 14.1. The van der Waals surface area contributed by atoms with Crippen molar-refractivity contribution >= 4 is 39.1 Å². The molecule has 28 heavy (non-hydrogen) atoms. The third kappa shape index (κ3) is 4.20. The molecule has 3 aromatic rings. The van der Waals surface area contributed by atoms with Crippen molar-refractivity contribution in [3.05, 3.63) is 62.9 Å². The molecule has 0 aliphatic carbocycles. The number of halogens is 6. The van der Waals surface area contributed by atoms with Gasteiger partial charge >= 0.3 is 6.18 Å². The van der Waals surface area contributed by atoms with E-state index >= 15 is 0 Å². The smallest absolute Gasteiger partial charge is 0.318 e. The van der Waals surface area contributed by atoms with Crippen LogP contribution in [0.2, 0.25) is 5.02 Å². The predicted octanol–water partition coefficient (Wildman–Crippen LogP) is 4.49. The molecule has 148 valence electrons. The standard InChI is InChI=1S/C16H11BrClF4N5O/c1-26-14(16(20,21)22)12(17)13(25-26)15(28)24-10-5-23-27(7-10)6-8-2-3-9(19)4-11(8)18/h2-5,7H,6H2,1H3,(H,24,28). The topological polar surface area (TPSA) is 64.7 Å². The molecular weight excluding hydrogens is 470 g/mol. The van der Waals surface area contributed by atoms with Gasteiger partial charge in [-0.15, -0.1) is 0 Å². The summed E-state index contributed by atoms with van der Waals surface area (Å²) in [5.41, 5.74) is -0.635. The zero-order chi connectivity index (χ0) is 20.6. The minimum Gasteiger partial charge on any atom is -0.318 e. The maximum absolute atomic E-state index is 13.1. The van der Waals surface area contributed by atoms with Crippen molar-refractivity contribution in [2.75, 3.05) is 5.32 Å². The van der Waals surface area contributed by atoms with Crippen LogP contribution in [-0.2, 0) is 19.8 Å². The van der Waals surface area contributed by atoms with Gasteiger partial charge in [-0.3, -0.25) is 14.2 Å². The van der Waals surface area contributed by atoms with Gasteiger partial charge in [-0.2, -0.15) is 23.4 Å². The van der Waals surface area contributed by atoms with Crippen molar-refractivity contribution in [1.29, 1.82) is 0 Å². The van der Waals surface area contributed by atoms with Gasteiger partial charge in [0.05, 0.1) is 22.9 Å². The number of carbonyl (C=O) groups is 1. The van der Waals surface area contributed by atoms with Crippen molar-refractivity contribution < 1.29 is 22.4 Å². The highest BCUT2D eigenvalue weighted by atomic mass is 79.9. The fourth-order valence-corrected chi connectivity index (χ4v) is 3.45. The number of amides is 1. The molecule has 0 aliphatic rings. The molecule has 2 heterocycles. The molecule has 0 saturated heterocycles. The van der Waals surface area contributed by atoms with Gasteiger partial charge in [0.15, 0.2) is 11.4 Å².